The Morgan fingerprint density at radius 1 is 0.788 bits per heavy atom. The summed E-state index contributed by atoms with van der Waals surface area (Å²) in [4.78, 5) is 35.7. The highest BCUT2D eigenvalue weighted by atomic mass is 32.2. The Bertz CT molecular complexity index is 1860. The molecule has 278 valence electrons. The number of carbonyl (C=O) groups is 2. The Kier molecular flexibility index (Phi) is 11.2. The lowest BCUT2D eigenvalue weighted by Gasteiger charge is -2.40. The number of anilines is 1. The lowest BCUT2D eigenvalue weighted by atomic mass is 9.88. The summed E-state index contributed by atoms with van der Waals surface area (Å²) >= 11 is 2.02. The molecule has 0 radical (unpaired) electrons. The SMILES string of the molecule is COS(=O)(=O)C[C@@H]1CCCN1C(=O)c1ccc(F)cc1.O=C(c1ccc(F)cc1)N1CCC[C@H]1CN1CC[C@H]2[C@@H](C1)c1cccc3c1N2CCCS3. The summed E-state index contributed by atoms with van der Waals surface area (Å²) in [6.45, 7) is 5.61. The highest BCUT2D eigenvalue weighted by molar-refractivity contribution is 7.99. The van der Waals surface area contributed by atoms with Crippen LogP contribution in [0.4, 0.5) is 14.5 Å². The second kappa shape index (κ2) is 15.8. The summed E-state index contributed by atoms with van der Waals surface area (Å²) in [5, 5.41) is 0. The number of hydrogen-bond acceptors (Lipinski definition) is 8. The van der Waals surface area contributed by atoms with Crippen molar-refractivity contribution in [2.45, 2.75) is 67.5 Å². The molecular weight excluding hydrogens is 707 g/mol. The van der Waals surface area contributed by atoms with Gasteiger partial charge in [0.05, 0.1) is 18.6 Å². The maximum Gasteiger partial charge on any atom is 0.269 e. The van der Waals surface area contributed by atoms with Crippen LogP contribution in [0.15, 0.2) is 71.6 Å². The summed E-state index contributed by atoms with van der Waals surface area (Å²) in [5.74, 6) is 0.630. The van der Waals surface area contributed by atoms with E-state index in [1.807, 2.05) is 16.7 Å². The molecule has 9 nitrogen and oxygen atoms in total. The molecule has 5 aliphatic heterocycles. The molecule has 5 heterocycles. The quantitative estimate of drug-likeness (QED) is 0.272. The van der Waals surface area contributed by atoms with Crippen LogP contribution in [0.25, 0.3) is 0 Å². The highest BCUT2D eigenvalue weighted by Crippen LogP contribution is 2.50. The minimum Gasteiger partial charge on any atom is -0.367 e. The van der Waals surface area contributed by atoms with Gasteiger partial charge in [-0.25, -0.2) is 8.78 Å². The molecule has 3 aromatic rings. The number of fused-ring (bicyclic) bond motifs is 3. The third-order valence-electron chi connectivity index (χ3n) is 11.2. The van der Waals surface area contributed by atoms with Gasteiger partial charge in [0.2, 0.25) is 0 Å². The molecule has 13 heteroatoms. The van der Waals surface area contributed by atoms with E-state index in [2.05, 4.69) is 32.2 Å². The minimum absolute atomic E-state index is 0.0450. The largest absolute Gasteiger partial charge is 0.367 e. The van der Waals surface area contributed by atoms with Crippen molar-refractivity contribution in [2.24, 2.45) is 0 Å². The van der Waals surface area contributed by atoms with Crippen LogP contribution >= 0.6 is 11.8 Å². The molecule has 0 N–H and O–H groups in total. The average molecular weight is 753 g/mol. The number of carbonyl (C=O) groups excluding carboxylic acids is 2. The first-order valence-corrected chi connectivity index (χ1v) is 20.8. The fourth-order valence-electron chi connectivity index (χ4n) is 8.66. The number of thioether (sulfide) groups is 1. The van der Waals surface area contributed by atoms with E-state index in [1.54, 1.807) is 12.1 Å². The topological polar surface area (TPSA) is 90.5 Å². The van der Waals surface area contributed by atoms with E-state index < -0.39 is 22.0 Å². The first-order valence-electron chi connectivity index (χ1n) is 18.3. The smallest absolute Gasteiger partial charge is 0.269 e. The average Bonchev–Trinajstić information content (AvgIpc) is 3.84. The molecule has 52 heavy (non-hydrogen) atoms. The molecule has 4 atom stereocenters. The van der Waals surface area contributed by atoms with E-state index in [-0.39, 0.29) is 29.4 Å². The molecule has 0 aliphatic carbocycles. The monoisotopic (exact) mass is 752 g/mol. The molecule has 0 saturated carbocycles. The Balaban J connectivity index is 0.000000182. The van der Waals surface area contributed by atoms with Crippen molar-refractivity contribution in [2.75, 3.05) is 62.8 Å². The van der Waals surface area contributed by atoms with Crippen molar-refractivity contribution in [3.63, 3.8) is 0 Å². The Hall–Kier alpha value is -3.52. The molecule has 0 aromatic heterocycles. The standard InChI is InChI=1S/C26H30FN3OS.C13H16FNO4S/c27-19-9-7-18(8-10-19)26(31)29-12-2-4-20(29)16-28-14-11-23-22(17-28)21-5-1-6-24-25(21)30(23)13-3-15-32-24;1-19-20(17,18)9-12-3-2-8-15(12)13(16)10-4-6-11(14)7-5-10/h1,5-10,20,22-23H,2-4,11-17H2;4-7,12H,2-3,8-9H2,1H3/t20-,22-,23-;12-/m00/s1. The lowest BCUT2D eigenvalue weighted by molar-refractivity contribution is 0.0680. The number of amides is 2. The van der Waals surface area contributed by atoms with Gasteiger partial charge in [0, 0.05) is 79.3 Å². The van der Waals surface area contributed by atoms with Crippen molar-refractivity contribution in [3.05, 3.63) is 95.1 Å². The zero-order valence-corrected chi connectivity index (χ0v) is 31.1. The number of hydrogen-bond donors (Lipinski definition) is 0. The lowest BCUT2D eigenvalue weighted by Crippen LogP contribution is -2.50. The van der Waals surface area contributed by atoms with Crippen molar-refractivity contribution in [3.8, 4) is 0 Å². The van der Waals surface area contributed by atoms with Gasteiger partial charge in [-0.2, -0.15) is 8.42 Å². The second-order valence-corrected chi connectivity index (χ2v) is 17.2. The van der Waals surface area contributed by atoms with Gasteiger partial charge in [0.25, 0.3) is 21.9 Å². The minimum atomic E-state index is -3.61. The molecule has 0 spiro atoms. The van der Waals surface area contributed by atoms with Crippen molar-refractivity contribution < 1.29 is 31.0 Å². The predicted octanol–water partition coefficient (Wildman–Crippen LogP) is 6.01. The zero-order chi connectivity index (χ0) is 36.4. The number of piperidine rings is 1. The highest BCUT2D eigenvalue weighted by Gasteiger charge is 2.44. The summed E-state index contributed by atoms with van der Waals surface area (Å²) in [6.07, 6.45) is 5.93. The van der Waals surface area contributed by atoms with E-state index in [4.69, 9.17) is 0 Å². The van der Waals surface area contributed by atoms with Crippen LogP contribution in [0.3, 0.4) is 0 Å². The van der Waals surface area contributed by atoms with E-state index in [0.717, 1.165) is 52.6 Å². The van der Waals surface area contributed by atoms with Crippen LogP contribution in [0.5, 0.6) is 0 Å². The van der Waals surface area contributed by atoms with Gasteiger partial charge in [-0.1, -0.05) is 12.1 Å². The maximum atomic E-state index is 13.3. The number of nitrogens with zero attached hydrogens (tertiary/aromatic N) is 4. The third-order valence-corrected chi connectivity index (χ3v) is 13.6. The second-order valence-electron chi connectivity index (χ2n) is 14.3. The molecule has 5 aliphatic rings. The first-order chi connectivity index (χ1) is 25.1. The predicted molar refractivity (Wildman–Crippen MR) is 198 cm³/mol. The third kappa shape index (κ3) is 7.88. The Morgan fingerprint density at radius 3 is 2.04 bits per heavy atom. The van der Waals surface area contributed by atoms with Gasteiger partial charge in [0.1, 0.15) is 11.6 Å². The normalized spacial score (nSPS) is 24.2. The molecule has 0 bridgehead atoms. The molecular formula is C39H46F2N4O5S2. The maximum absolute atomic E-state index is 13.3. The Labute approximate surface area is 309 Å². The van der Waals surface area contributed by atoms with Crippen molar-refractivity contribution >= 4 is 39.4 Å². The van der Waals surface area contributed by atoms with Crippen molar-refractivity contribution in [1.82, 2.24) is 14.7 Å². The van der Waals surface area contributed by atoms with Gasteiger partial charge in [-0.3, -0.25) is 13.8 Å². The van der Waals surface area contributed by atoms with Crippen LogP contribution in [0, 0.1) is 11.6 Å². The van der Waals surface area contributed by atoms with Crippen LogP contribution in [0.1, 0.15) is 70.7 Å². The van der Waals surface area contributed by atoms with Gasteiger partial charge >= 0.3 is 0 Å². The fourth-order valence-corrected chi connectivity index (χ4v) is 10.7. The van der Waals surface area contributed by atoms with Crippen LogP contribution < -0.4 is 4.90 Å². The molecule has 8 rings (SSSR count). The van der Waals surface area contributed by atoms with E-state index >= 15 is 0 Å². The molecule has 0 unspecified atom stereocenters. The molecule has 3 aromatic carbocycles. The molecule has 2 amide bonds. The van der Waals surface area contributed by atoms with Crippen molar-refractivity contribution in [1.29, 1.82) is 0 Å². The summed E-state index contributed by atoms with van der Waals surface area (Å²) < 4.78 is 53.6. The number of rotatable bonds is 7. The van der Waals surface area contributed by atoms with Gasteiger partial charge in [-0.05, 0) is 104 Å². The molecule has 3 saturated heterocycles. The van der Waals surface area contributed by atoms with Gasteiger partial charge < -0.3 is 19.6 Å². The summed E-state index contributed by atoms with van der Waals surface area (Å²) in [7, 11) is -2.50. The van der Waals surface area contributed by atoms with Crippen LogP contribution in [-0.4, -0.2) is 111 Å². The summed E-state index contributed by atoms with van der Waals surface area (Å²) in [5.41, 5.74) is 4.00. The number of benzene rings is 3. The van der Waals surface area contributed by atoms with Gasteiger partial charge in [-0.15, -0.1) is 11.8 Å². The Morgan fingerprint density at radius 2 is 1.40 bits per heavy atom. The number of halogens is 2. The number of likely N-dealkylation sites (tertiary alicyclic amines) is 3. The first kappa shape index (κ1) is 36.8. The molecule has 3 fully saturated rings. The van der Waals surface area contributed by atoms with E-state index in [1.165, 1.54) is 82.6 Å². The zero-order valence-electron chi connectivity index (χ0n) is 29.5. The van der Waals surface area contributed by atoms with Crippen LogP contribution in [0.2, 0.25) is 0 Å². The fraction of sp³-hybridized carbons (Fsp3) is 0.487. The van der Waals surface area contributed by atoms with Crippen LogP contribution in [-0.2, 0) is 14.3 Å². The van der Waals surface area contributed by atoms with E-state index in [9.17, 15) is 26.8 Å². The number of para-hydroxylation sites is 1. The van der Waals surface area contributed by atoms with E-state index in [0.29, 0.717) is 36.1 Å². The summed E-state index contributed by atoms with van der Waals surface area (Å²) in [6, 6.07) is 18.6. The van der Waals surface area contributed by atoms with Gasteiger partial charge in [0.15, 0.2) is 0 Å².